The third-order valence-electron chi connectivity index (χ3n) is 4.62. The Morgan fingerprint density at radius 3 is 2.47 bits per heavy atom. The van der Waals surface area contributed by atoms with E-state index in [1.165, 1.54) is 23.1 Å². The minimum Gasteiger partial charge on any atom is -0.301 e. The van der Waals surface area contributed by atoms with Gasteiger partial charge in [-0.15, -0.1) is 11.8 Å². The van der Waals surface area contributed by atoms with Crippen molar-refractivity contribution in [1.82, 2.24) is 4.98 Å². The van der Waals surface area contributed by atoms with Gasteiger partial charge in [-0.05, 0) is 67.9 Å². The molecule has 0 fully saturated rings. The van der Waals surface area contributed by atoms with E-state index >= 15 is 0 Å². The van der Waals surface area contributed by atoms with Gasteiger partial charge >= 0.3 is 0 Å². The largest absolute Gasteiger partial charge is 0.301 e. The first-order valence-corrected chi connectivity index (χ1v) is 13.0. The second-order valence-corrected chi connectivity index (χ2v) is 11.3. The summed E-state index contributed by atoms with van der Waals surface area (Å²) >= 11 is 2.84. The van der Waals surface area contributed by atoms with Gasteiger partial charge < -0.3 is 5.32 Å². The molecule has 1 aromatic heterocycles. The van der Waals surface area contributed by atoms with E-state index in [4.69, 9.17) is 0 Å². The molecule has 164 valence electrons. The van der Waals surface area contributed by atoms with Crippen molar-refractivity contribution in [1.29, 1.82) is 0 Å². The quantitative estimate of drug-likeness (QED) is 0.338. The number of thiazole rings is 1. The van der Waals surface area contributed by atoms with Crippen LogP contribution in [0.4, 0.5) is 10.8 Å². The van der Waals surface area contributed by atoms with E-state index in [0.717, 1.165) is 20.7 Å². The van der Waals surface area contributed by atoms with Crippen LogP contribution in [-0.2, 0) is 14.8 Å². The summed E-state index contributed by atoms with van der Waals surface area (Å²) in [7, 11) is -3.64. The lowest BCUT2D eigenvalue weighted by Crippen LogP contribution is -2.22. The monoisotopic (exact) mass is 483 g/mol. The molecule has 0 aliphatic carbocycles. The van der Waals surface area contributed by atoms with Gasteiger partial charge in [-0.25, -0.2) is 13.4 Å². The van der Waals surface area contributed by atoms with E-state index in [1.54, 1.807) is 54.6 Å². The first-order chi connectivity index (χ1) is 15.3. The number of anilines is 2. The van der Waals surface area contributed by atoms with E-state index < -0.39 is 10.0 Å². The van der Waals surface area contributed by atoms with Crippen LogP contribution in [0.25, 0.3) is 10.2 Å². The maximum Gasteiger partial charge on any atom is 0.261 e. The average Bonchev–Trinajstić information content (AvgIpc) is 3.16. The van der Waals surface area contributed by atoms with Crippen LogP contribution in [0.5, 0.6) is 0 Å². The third kappa shape index (κ3) is 5.29. The van der Waals surface area contributed by atoms with Gasteiger partial charge in [0, 0.05) is 10.6 Å². The molecule has 1 unspecified atom stereocenters. The first-order valence-electron chi connectivity index (χ1n) is 9.83. The summed E-state index contributed by atoms with van der Waals surface area (Å²) in [5.74, 6) is -0.139. The molecule has 32 heavy (non-hydrogen) atoms. The van der Waals surface area contributed by atoms with Crippen LogP contribution < -0.4 is 10.0 Å². The van der Waals surface area contributed by atoms with Crippen LogP contribution >= 0.6 is 23.1 Å². The number of benzene rings is 3. The number of rotatable bonds is 7. The molecule has 4 aromatic rings. The highest BCUT2D eigenvalue weighted by molar-refractivity contribution is 8.00. The predicted octanol–water partition coefficient (Wildman–Crippen LogP) is 5.52. The Morgan fingerprint density at radius 1 is 1.03 bits per heavy atom. The highest BCUT2D eigenvalue weighted by Crippen LogP contribution is 2.29. The zero-order valence-corrected chi connectivity index (χ0v) is 19.9. The van der Waals surface area contributed by atoms with Gasteiger partial charge in [0.05, 0.1) is 20.4 Å². The first kappa shape index (κ1) is 22.3. The van der Waals surface area contributed by atoms with Crippen molar-refractivity contribution < 1.29 is 13.2 Å². The summed E-state index contributed by atoms with van der Waals surface area (Å²) in [5, 5.41) is 3.11. The minimum atomic E-state index is -3.64. The van der Waals surface area contributed by atoms with Crippen LogP contribution in [0.3, 0.4) is 0 Å². The number of fused-ring (bicyclic) bond motifs is 1. The van der Waals surface area contributed by atoms with Crippen molar-refractivity contribution in [2.24, 2.45) is 0 Å². The molecule has 0 aliphatic rings. The molecule has 1 atom stereocenters. The lowest BCUT2D eigenvalue weighted by molar-refractivity contribution is -0.115. The Kier molecular flexibility index (Phi) is 6.50. The van der Waals surface area contributed by atoms with E-state index in [1.807, 2.05) is 26.0 Å². The van der Waals surface area contributed by atoms with Crippen molar-refractivity contribution in [3.05, 3.63) is 78.4 Å². The second-order valence-electron chi connectivity index (χ2n) is 7.18. The summed E-state index contributed by atoms with van der Waals surface area (Å²) < 4.78 is 28.5. The van der Waals surface area contributed by atoms with Crippen molar-refractivity contribution in [2.75, 3.05) is 10.0 Å². The maximum absolute atomic E-state index is 12.6. The van der Waals surface area contributed by atoms with Gasteiger partial charge in [-0.2, -0.15) is 0 Å². The molecule has 1 heterocycles. The van der Waals surface area contributed by atoms with E-state index in [2.05, 4.69) is 21.1 Å². The number of amides is 1. The topological polar surface area (TPSA) is 88.2 Å². The Balaban J connectivity index is 1.37. The molecule has 1 amide bonds. The predicted molar refractivity (Wildman–Crippen MR) is 132 cm³/mol. The number of carbonyl (C=O) groups excluding carboxylic acids is 1. The highest BCUT2D eigenvalue weighted by Gasteiger charge is 2.17. The minimum absolute atomic E-state index is 0.139. The molecular weight excluding hydrogens is 462 g/mol. The van der Waals surface area contributed by atoms with Crippen molar-refractivity contribution in [2.45, 2.75) is 28.9 Å². The van der Waals surface area contributed by atoms with Crippen LogP contribution in [0, 0.1) is 6.92 Å². The number of carbonyl (C=O) groups is 1. The van der Waals surface area contributed by atoms with Crippen LogP contribution in [0.2, 0.25) is 0 Å². The van der Waals surface area contributed by atoms with Gasteiger partial charge in [0.25, 0.3) is 10.0 Å². The molecule has 0 bridgehead atoms. The van der Waals surface area contributed by atoms with Crippen LogP contribution in [0.1, 0.15) is 12.5 Å². The summed E-state index contributed by atoms with van der Waals surface area (Å²) in [6.07, 6.45) is 0. The number of hydrogen-bond acceptors (Lipinski definition) is 6. The van der Waals surface area contributed by atoms with E-state index in [-0.39, 0.29) is 16.1 Å². The number of hydrogen-bond donors (Lipinski definition) is 2. The molecule has 3 aromatic carbocycles. The molecule has 0 spiro atoms. The van der Waals surface area contributed by atoms with Gasteiger partial charge in [-0.3, -0.25) is 9.52 Å². The molecule has 0 saturated carbocycles. The van der Waals surface area contributed by atoms with Gasteiger partial charge in [0.15, 0.2) is 5.13 Å². The summed E-state index contributed by atoms with van der Waals surface area (Å²) in [4.78, 5) is 18.1. The molecule has 0 aliphatic heterocycles. The molecule has 9 heteroatoms. The fourth-order valence-electron chi connectivity index (χ4n) is 2.97. The van der Waals surface area contributed by atoms with Crippen molar-refractivity contribution >= 4 is 60.1 Å². The molecule has 2 N–H and O–H groups in total. The second kappa shape index (κ2) is 9.32. The van der Waals surface area contributed by atoms with Gasteiger partial charge in [0.2, 0.25) is 5.91 Å². The number of thioether (sulfide) groups is 1. The maximum atomic E-state index is 12.6. The highest BCUT2D eigenvalue weighted by atomic mass is 32.2. The molecule has 6 nitrogen and oxygen atoms in total. The molecule has 0 saturated heterocycles. The summed E-state index contributed by atoms with van der Waals surface area (Å²) in [6.45, 7) is 3.84. The van der Waals surface area contributed by atoms with Crippen molar-refractivity contribution in [3.8, 4) is 0 Å². The molecular formula is C23H21N3O3S3. The Hall–Kier alpha value is -2.88. The Bertz CT molecular complexity index is 1350. The summed E-state index contributed by atoms with van der Waals surface area (Å²) in [5.41, 5.74) is 2.47. The van der Waals surface area contributed by atoms with Crippen molar-refractivity contribution in [3.63, 3.8) is 0 Å². The standard InChI is InChI=1S/C23H21N3O3S3/c1-15-8-13-20-21(14-15)31-23(24-20)25-22(27)16(2)30-18-11-9-17(10-12-18)26-32(28,29)19-6-4-3-5-7-19/h3-14,16,26H,1-2H3,(H,24,25,27). The average molecular weight is 484 g/mol. The zero-order valence-electron chi connectivity index (χ0n) is 17.4. The van der Waals surface area contributed by atoms with Crippen LogP contribution in [-0.4, -0.2) is 24.6 Å². The number of nitrogens with one attached hydrogen (secondary N) is 2. The number of aryl methyl sites for hydroxylation is 1. The molecule has 4 rings (SSSR count). The molecule has 0 radical (unpaired) electrons. The van der Waals surface area contributed by atoms with E-state index in [9.17, 15) is 13.2 Å². The lowest BCUT2D eigenvalue weighted by atomic mass is 10.2. The van der Waals surface area contributed by atoms with E-state index in [0.29, 0.717) is 10.8 Å². The fourth-order valence-corrected chi connectivity index (χ4v) is 5.88. The van der Waals surface area contributed by atoms with Gasteiger partial charge in [-0.1, -0.05) is 35.6 Å². The fraction of sp³-hybridized carbons (Fsp3) is 0.130. The smallest absolute Gasteiger partial charge is 0.261 e. The van der Waals surface area contributed by atoms with Crippen LogP contribution in [0.15, 0.2) is 82.6 Å². The Morgan fingerprint density at radius 2 is 1.75 bits per heavy atom. The third-order valence-corrected chi connectivity index (χ3v) is 8.06. The summed E-state index contributed by atoms with van der Waals surface area (Å²) in [6, 6.07) is 21.1. The SMILES string of the molecule is Cc1ccc2nc(NC(=O)C(C)Sc3ccc(NS(=O)(=O)c4ccccc4)cc3)sc2c1. The lowest BCUT2D eigenvalue weighted by Gasteiger charge is -2.12. The van der Waals surface area contributed by atoms with Gasteiger partial charge in [0.1, 0.15) is 0 Å². The number of sulfonamides is 1. The normalized spacial score (nSPS) is 12.4. The number of aromatic nitrogens is 1. The Labute approximate surface area is 195 Å². The zero-order chi connectivity index (χ0) is 22.7. The number of nitrogens with zero attached hydrogens (tertiary/aromatic N) is 1.